The Morgan fingerprint density at radius 3 is 2.93 bits per heavy atom. The SMILES string of the molecule is CN(CC(=O)O)C(=O)Nc1cnns1. The summed E-state index contributed by atoms with van der Waals surface area (Å²) < 4.78 is 3.54. The first-order valence-electron chi connectivity index (χ1n) is 3.61. The number of rotatable bonds is 3. The molecule has 0 atom stereocenters. The first-order valence-corrected chi connectivity index (χ1v) is 4.38. The van der Waals surface area contributed by atoms with E-state index in [1.807, 2.05) is 0 Å². The van der Waals surface area contributed by atoms with Crippen LogP contribution in [0.15, 0.2) is 6.20 Å². The Balaban J connectivity index is 2.46. The average molecular weight is 216 g/mol. The van der Waals surface area contributed by atoms with Crippen LogP contribution in [0.3, 0.4) is 0 Å². The number of carboxylic acids is 1. The summed E-state index contributed by atoms with van der Waals surface area (Å²) in [5, 5.41) is 14.9. The lowest BCUT2D eigenvalue weighted by atomic mass is 10.6. The van der Waals surface area contributed by atoms with Gasteiger partial charge < -0.3 is 10.0 Å². The molecule has 0 fully saturated rings. The van der Waals surface area contributed by atoms with E-state index in [2.05, 4.69) is 14.9 Å². The van der Waals surface area contributed by atoms with Crippen LogP contribution in [0.5, 0.6) is 0 Å². The van der Waals surface area contributed by atoms with Gasteiger partial charge in [-0.05, 0) is 0 Å². The Morgan fingerprint density at radius 2 is 2.43 bits per heavy atom. The van der Waals surface area contributed by atoms with E-state index in [1.54, 1.807) is 0 Å². The summed E-state index contributed by atoms with van der Waals surface area (Å²) in [5.74, 6) is -1.06. The number of carbonyl (C=O) groups excluding carboxylic acids is 1. The minimum absolute atomic E-state index is 0.349. The van der Waals surface area contributed by atoms with Crippen LogP contribution in [0.2, 0.25) is 0 Å². The largest absolute Gasteiger partial charge is 0.480 e. The maximum atomic E-state index is 11.2. The van der Waals surface area contributed by atoms with Crippen LogP contribution in [-0.4, -0.2) is 45.2 Å². The predicted molar refractivity (Wildman–Crippen MR) is 49.2 cm³/mol. The van der Waals surface area contributed by atoms with Crippen molar-refractivity contribution in [2.24, 2.45) is 0 Å². The number of carbonyl (C=O) groups is 2. The average Bonchev–Trinajstić information content (AvgIpc) is 2.55. The zero-order chi connectivity index (χ0) is 10.6. The summed E-state index contributed by atoms with van der Waals surface area (Å²) in [6.45, 7) is -0.349. The molecule has 76 valence electrons. The molecule has 2 amide bonds. The topological polar surface area (TPSA) is 95.4 Å². The maximum Gasteiger partial charge on any atom is 0.323 e. The summed E-state index contributed by atoms with van der Waals surface area (Å²) in [4.78, 5) is 22.6. The van der Waals surface area contributed by atoms with Gasteiger partial charge in [-0.15, -0.1) is 5.10 Å². The van der Waals surface area contributed by atoms with E-state index < -0.39 is 12.0 Å². The van der Waals surface area contributed by atoms with Crippen LogP contribution < -0.4 is 5.32 Å². The molecule has 0 saturated heterocycles. The third kappa shape index (κ3) is 2.98. The first kappa shape index (κ1) is 10.4. The summed E-state index contributed by atoms with van der Waals surface area (Å²) in [5.41, 5.74) is 0. The fourth-order valence-corrected chi connectivity index (χ4v) is 1.11. The highest BCUT2D eigenvalue weighted by Gasteiger charge is 2.12. The van der Waals surface area contributed by atoms with Crippen LogP contribution >= 0.6 is 11.5 Å². The monoisotopic (exact) mass is 216 g/mol. The first-order chi connectivity index (χ1) is 6.59. The number of nitrogens with one attached hydrogen (secondary N) is 1. The van der Waals surface area contributed by atoms with E-state index in [4.69, 9.17) is 5.11 Å². The second-order valence-corrected chi connectivity index (χ2v) is 3.25. The molecule has 1 aromatic rings. The number of urea groups is 1. The van der Waals surface area contributed by atoms with Crippen molar-refractivity contribution in [3.05, 3.63) is 6.20 Å². The van der Waals surface area contributed by atoms with Crippen molar-refractivity contribution in [2.75, 3.05) is 18.9 Å². The zero-order valence-corrected chi connectivity index (χ0v) is 8.11. The molecule has 1 heterocycles. The third-order valence-electron chi connectivity index (χ3n) is 1.31. The van der Waals surface area contributed by atoms with Gasteiger partial charge in [0.1, 0.15) is 11.5 Å². The lowest BCUT2D eigenvalue weighted by Gasteiger charge is -2.13. The minimum Gasteiger partial charge on any atom is -0.480 e. The van der Waals surface area contributed by atoms with Crippen molar-refractivity contribution in [1.29, 1.82) is 0 Å². The molecule has 0 bridgehead atoms. The van der Waals surface area contributed by atoms with E-state index in [0.717, 1.165) is 16.4 Å². The van der Waals surface area contributed by atoms with Crippen LogP contribution in [0.1, 0.15) is 0 Å². The molecule has 0 aliphatic rings. The molecule has 2 N–H and O–H groups in total. The highest BCUT2D eigenvalue weighted by atomic mass is 32.1. The molecule has 1 rings (SSSR count). The number of hydrogen-bond donors (Lipinski definition) is 2. The second kappa shape index (κ2) is 4.51. The van der Waals surface area contributed by atoms with Gasteiger partial charge in [0.25, 0.3) is 0 Å². The van der Waals surface area contributed by atoms with Crippen molar-refractivity contribution in [3.8, 4) is 0 Å². The summed E-state index contributed by atoms with van der Waals surface area (Å²) >= 11 is 1.02. The number of amides is 2. The number of hydrogen-bond acceptors (Lipinski definition) is 5. The number of anilines is 1. The van der Waals surface area contributed by atoms with E-state index in [0.29, 0.717) is 5.00 Å². The Bertz CT molecular complexity index is 326. The Kier molecular flexibility index (Phi) is 3.35. The maximum absolute atomic E-state index is 11.2. The molecule has 14 heavy (non-hydrogen) atoms. The molecule has 0 spiro atoms. The number of carboxylic acid groups (broad SMARTS) is 1. The van der Waals surface area contributed by atoms with Gasteiger partial charge in [0, 0.05) is 18.6 Å². The van der Waals surface area contributed by atoms with Crippen molar-refractivity contribution in [2.45, 2.75) is 0 Å². The Labute approximate surface area is 83.5 Å². The molecule has 8 heteroatoms. The summed E-state index contributed by atoms with van der Waals surface area (Å²) in [6.07, 6.45) is 1.39. The third-order valence-corrected chi connectivity index (χ3v) is 1.89. The molecule has 0 aliphatic heterocycles. The van der Waals surface area contributed by atoms with Crippen molar-refractivity contribution in [3.63, 3.8) is 0 Å². The van der Waals surface area contributed by atoms with Crippen LogP contribution in [0, 0.1) is 0 Å². The minimum atomic E-state index is -1.06. The Morgan fingerprint density at radius 1 is 1.71 bits per heavy atom. The second-order valence-electron chi connectivity index (χ2n) is 2.46. The van der Waals surface area contributed by atoms with Crippen LogP contribution in [0.25, 0.3) is 0 Å². The molecule has 0 unspecified atom stereocenters. The van der Waals surface area contributed by atoms with Crippen LogP contribution in [-0.2, 0) is 4.79 Å². The highest BCUT2D eigenvalue weighted by molar-refractivity contribution is 7.10. The Hall–Kier alpha value is -1.70. The number of aliphatic carboxylic acids is 1. The van der Waals surface area contributed by atoms with Gasteiger partial charge in [-0.2, -0.15) is 0 Å². The summed E-state index contributed by atoms with van der Waals surface area (Å²) in [6, 6.07) is -0.501. The lowest BCUT2D eigenvalue weighted by Crippen LogP contribution is -2.35. The van der Waals surface area contributed by atoms with Gasteiger partial charge in [-0.3, -0.25) is 10.1 Å². The molecule has 0 radical (unpaired) electrons. The fourth-order valence-electron chi connectivity index (χ4n) is 0.698. The molecular formula is C6H8N4O3S. The highest BCUT2D eigenvalue weighted by Crippen LogP contribution is 2.09. The number of nitrogens with zero attached hydrogens (tertiary/aromatic N) is 3. The molecular weight excluding hydrogens is 208 g/mol. The van der Waals surface area contributed by atoms with Gasteiger partial charge in [0.05, 0.1) is 6.20 Å². The zero-order valence-electron chi connectivity index (χ0n) is 7.30. The van der Waals surface area contributed by atoms with E-state index in [9.17, 15) is 9.59 Å². The van der Waals surface area contributed by atoms with Crippen molar-refractivity contribution < 1.29 is 14.7 Å². The molecule has 0 aromatic carbocycles. The van der Waals surface area contributed by atoms with Crippen molar-refractivity contribution in [1.82, 2.24) is 14.5 Å². The van der Waals surface area contributed by atoms with Gasteiger partial charge in [0.15, 0.2) is 0 Å². The normalized spacial score (nSPS) is 9.50. The molecule has 0 aliphatic carbocycles. The quantitative estimate of drug-likeness (QED) is 0.746. The standard InChI is InChI=1S/C6H8N4O3S/c1-10(3-5(11)12)6(13)8-4-2-7-9-14-4/h2H,3H2,1H3,(H,8,13)(H,11,12). The number of aromatic nitrogens is 2. The van der Waals surface area contributed by atoms with Crippen molar-refractivity contribution >= 4 is 28.5 Å². The molecule has 7 nitrogen and oxygen atoms in total. The smallest absolute Gasteiger partial charge is 0.323 e. The predicted octanol–water partition coefficient (Wildman–Crippen LogP) is 0.0864. The van der Waals surface area contributed by atoms with Gasteiger partial charge in [-0.1, -0.05) is 4.49 Å². The lowest BCUT2D eigenvalue weighted by molar-refractivity contribution is -0.137. The van der Waals surface area contributed by atoms with E-state index in [1.165, 1.54) is 13.2 Å². The van der Waals surface area contributed by atoms with Crippen LogP contribution in [0.4, 0.5) is 9.80 Å². The van der Waals surface area contributed by atoms with E-state index >= 15 is 0 Å². The fraction of sp³-hybridized carbons (Fsp3) is 0.333. The molecule has 1 aromatic heterocycles. The van der Waals surface area contributed by atoms with E-state index in [-0.39, 0.29) is 6.54 Å². The van der Waals surface area contributed by atoms with Gasteiger partial charge in [0.2, 0.25) is 0 Å². The summed E-state index contributed by atoms with van der Waals surface area (Å²) in [7, 11) is 1.39. The van der Waals surface area contributed by atoms with Gasteiger partial charge in [-0.25, -0.2) is 4.79 Å². The number of likely N-dealkylation sites (N-methyl/N-ethyl adjacent to an activating group) is 1. The molecule has 0 saturated carbocycles. The van der Waals surface area contributed by atoms with Gasteiger partial charge >= 0.3 is 12.0 Å².